The van der Waals surface area contributed by atoms with Crippen molar-refractivity contribution in [2.45, 2.75) is 271 Å². The highest BCUT2D eigenvalue weighted by Gasteiger charge is 2.19. The van der Waals surface area contributed by atoms with Gasteiger partial charge in [-0.1, -0.05) is 209 Å². The number of carbonyl (C=O) groups excluding carboxylic acids is 3. The molecule has 0 aromatic carbocycles. The van der Waals surface area contributed by atoms with Gasteiger partial charge in [0.05, 0.1) is 0 Å². The molecule has 0 saturated heterocycles. The maximum Gasteiger partial charge on any atom is 0.306 e. The summed E-state index contributed by atoms with van der Waals surface area (Å²) in [5.41, 5.74) is 0. The summed E-state index contributed by atoms with van der Waals surface area (Å²) in [6.07, 6.45) is 71.5. The van der Waals surface area contributed by atoms with Crippen molar-refractivity contribution < 1.29 is 28.6 Å². The normalized spacial score (nSPS) is 12.7. The van der Waals surface area contributed by atoms with E-state index in [1.807, 2.05) is 0 Å². The molecule has 0 saturated carbocycles. The summed E-state index contributed by atoms with van der Waals surface area (Å²) < 4.78 is 16.8. The van der Waals surface area contributed by atoms with Gasteiger partial charge in [0, 0.05) is 19.3 Å². The topological polar surface area (TPSA) is 78.9 Å². The van der Waals surface area contributed by atoms with Crippen molar-refractivity contribution >= 4 is 17.9 Å². The Morgan fingerprint density at radius 2 is 0.537 bits per heavy atom. The molecule has 384 valence electrons. The predicted octanol–water partition coefficient (Wildman–Crippen LogP) is 18.8. The van der Waals surface area contributed by atoms with Crippen LogP contribution in [0.4, 0.5) is 0 Å². The number of ether oxygens (including phenoxy) is 3. The minimum atomic E-state index is -0.814. The number of unbranched alkanes of at least 4 members (excludes halogenated alkanes) is 25. The molecule has 0 aromatic rings. The molecule has 67 heavy (non-hydrogen) atoms. The third-order valence-corrected chi connectivity index (χ3v) is 11.8. The molecular formula is C61H104O6. The molecule has 0 radical (unpaired) electrons. The summed E-state index contributed by atoms with van der Waals surface area (Å²) in [7, 11) is 0. The Labute approximate surface area is 414 Å². The summed E-state index contributed by atoms with van der Waals surface area (Å²) in [5.74, 6) is -0.986. The van der Waals surface area contributed by atoms with Crippen molar-refractivity contribution in [3.8, 4) is 0 Å². The summed E-state index contributed by atoms with van der Waals surface area (Å²) in [6.45, 7) is 6.52. The van der Waals surface area contributed by atoms with E-state index in [0.717, 1.165) is 77.0 Å². The number of hydrogen-bond donors (Lipinski definition) is 0. The van der Waals surface area contributed by atoms with Crippen LogP contribution >= 0.6 is 0 Å². The van der Waals surface area contributed by atoms with E-state index < -0.39 is 6.10 Å². The quantitative estimate of drug-likeness (QED) is 0.0262. The van der Waals surface area contributed by atoms with Gasteiger partial charge in [0.1, 0.15) is 13.2 Å². The van der Waals surface area contributed by atoms with Crippen LogP contribution in [0.5, 0.6) is 0 Å². The van der Waals surface area contributed by atoms with E-state index in [1.54, 1.807) is 0 Å². The number of allylic oxidation sites excluding steroid dienone is 14. The standard InChI is InChI=1S/C61H104O6/c1-4-7-10-13-16-19-22-25-28-29-30-31-34-36-39-42-45-48-51-54-60(63)66-57-58(67-61(64)55-52-49-46-43-40-37-33-27-24-21-18-15-12-9-6-3)56-65-59(62)53-50-47-44-41-38-35-32-26-23-20-17-14-11-8-5-2/h17-18,20-21,26-27,29-30,32-33,38,40-41,43,58H,4-16,19,22-25,28,31,34-37,39,42,44-57H2,1-3H3/b20-17-,21-18-,30-29-,32-26-,33-27-,41-38-,43-40-/t58-/m1/s1. The van der Waals surface area contributed by atoms with E-state index >= 15 is 0 Å². The summed E-state index contributed by atoms with van der Waals surface area (Å²) in [5, 5.41) is 0. The molecule has 0 spiro atoms. The van der Waals surface area contributed by atoms with Crippen LogP contribution in [0.2, 0.25) is 0 Å². The lowest BCUT2D eigenvalue weighted by atomic mass is 10.1. The van der Waals surface area contributed by atoms with E-state index in [0.29, 0.717) is 19.3 Å². The van der Waals surface area contributed by atoms with Gasteiger partial charge in [0.2, 0.25) is 0 Å². The summed E-state index contributed by atoms with van der Waals surface area (Å²) in [6, 6.07) is 0. The van der Waals surface area contributed by atoms with Crippen molar-refractivity contribution in [2.24, 2.45) is 0 Å². The van der Waals surface area contributed by atoms with Gasteiger partial charge in [-0.15, -0.1) is 0 Å². The highest BCUT2D eigenvalue weighted by molar-refractivity contribution is 5.71. The number of esters is 3. The highest BCUT2D eigenvalue weighted by Crippen LogP contribution is 2.14. The predicted molar refractivity (Wildman–Crippen MR) is 288 cm³/mol. The fourth-order valence-electron chi connectivity index (χ4n) is 7.57. The van der Waals surface area contributed by atoms with Crippen LogP contribution < -0.4 is 0 Å². The zero-order valence-electron chi connectivity index (χ0n) is 43.9. The Kier molecular flexibility index (Phi) is 52.4. The van der Waals surface area contributed by atoms with Crippen LogP contribution in [0.1, 0.15) is 265 Å². The second-order valence-corrected chi connectivity index (χ2v) is 18.5. The van der Waals surface area contributed by atoms with Crippen molar-refractivity contribution in [3.05, 3.63) is 85.1 Å². The molecule has 0 unspecified atom stereocenters. The minimum Gasteiger partial charge on any atom is -0.462 e. The van der Waals surface area contributed by atoms with Gasteiger partial charge in [-0.25, -0.2) is 0 Å². The lowest BCUT2D eigenvalue weighted by Crippen LogP contribution is -2.30. The summed E-state index contributed by atoms with van der Waals surface area (Å²) >= 11 is 0. The molecular weight excluding hydrogens is 829 g/mol. The van der Waals surface area contributed by atoms with Crippen molar-refractivity contribution in [1.29, 1.82) is 0 Å². The molecule has 0 bridgehead atoms. The van der Waals surface area contributed by atoms with Crippen molar-refractivity contribution in [2.75, 3.05) is 13.2 Å². The molecule has 0 aliphatic rings. The molecule has 0 amide bonds. The van der Waals surface area contributed by atoms with Crippen LogP contribution in [0.15, 0.2) is 85.1 Å². The van der Waals surface area contributed by atoms with E-state index in [2.05, 4.69) is 106 Å². The van der Waals surface area contributed by atoms with Gasteiger partial charge in [-0.05, 0) is 122 Å². The SMILES string of the molecule is CCCCC/C=C\C/C=C\C/C=C\CCCCC(=O)OC[C@H](COC(=O)CCCCCCCCC/C=C\CCCCCCCCCC)OC(=O)CCCC/C=C\C/C=C\C/C=C\CCCCC. The molecule has 0 aliphatic carbocycles. The molecule has 0 aliphatic heterocycles. The Bertz CT molecular complexity index is 1300. The average Bonchev–Trinajstić information content (AvgIpc) is 3.33. The zero-order valence-corrected chi connectivity index (χ0v) is 43.9. The van der Waals surface area contributed by atoms with Crippen LogP contribution in [-0.2, 0) is 28.6 Å². The first kappa shape index (κ1) is 63.6. The van der Waals surface area contributed by atoms with Crippen LogP contribution in [0, 0.1) is 0 Å². The van der Waals surface area contributed by atoms with Crippen molar-refractivity contribution in [3.63, 3.8) is 0 Å². The molecule has 0 N–H and O–H groups in total. The molecule has 0 fully saturated rings. The Morgan fingerprint density at radius 3 is 0.910 bits per heavy atom. The smallest absolute Gasteiger partial charge is 0.306 e. The molecule has 6 heteroatoms. The number of hydrogen-bond acceptors (Lipinski definition) is 6. The lowest BCUT2D eigenvalue weighted by molar-refractivity contribution is -0.167. The van der Waals surface area contributed by atoms with Crippen LogP contribution in [0.3, 0.4) is 0 Å². The largest absolute Gasteiger partial charge is 0.462 e. The van der Waals surface area contributed by atoms with Gasteiger partial charge in [-0.2, -0.15) is 0 Å². The van der Waals surface area contributed by atoms with E-state index in [9.17, 15) is 14.4 Å². The van der Waals surface area contributed by atoms with Gasteiger partial charge < -0.3 is 14.2 Å². The molecule has 0 heterocycles. The Morgan fingerprint density at radius 1 is 0.299 bits per heavy atom. The molecule has 6 nitrogen and oxygen atoms in total. The average molecular weight is 933 g/mol. The first-order valence-corrected chi connectivity index (χ1v) is 28.1. The highest BCUT2D eigenvalue weighted by atomic mass is 16.6. The second kappa shape index (κ2) is 55.2. The fraction of sp³-hybridized carbons (Fsp3) is 0.721. The fourth-order valence-corrected chi connectivity index (χ4v) is 7.57. The number of rotatable bonds is 50. The first-order chi connectivity index (χ1) is 33.0. The van der Waals surface area contributed by atoms with E-state index in [4.69, 9.17) is 14.2 Å². The molecule has 1 atom stereocenters. The third kappa shape index (κ3) is 53.4. The van der Waals surface area contributed by atoms with Gasteiger partial charge >= 0.3 is 17.9 Å². The zero-order chi connectivity index (χ0) is 48.6. The van der Waals surface area contributed by atoms with Crippen molar-refractivity contribution in [1.82, 2.24) is 0 Å². The van der Waals surface area contributed by atoms with E-state index in [1.165, 1.54) is 141 Å². The third-order valence-electron chi connectivity index (χ3n) is 11.8. The summed E-state index contributed by atoms with van der Waals surface area (Å²) in [4.78, 5) is 38.1. The molecule has 0 rings (SSSR count). The maximum absolute atomic E-state index is 12.8. The lowest BCUT2D eigenvalue weighted by Gasteiger charge is -2.18. The Hall–Kier alpha value is -3.41. The van der Waals surface area contributed by atoms with Gasteiger partial charge in [0.15, 0.2) is 6.10 Å². The minimum absolute atomic E-state index is 0.106. The van der Waals surface area contributed by atoms with Crippen LogP contribution in [0.25, 0.3) is 0 Å². The Balaban J connectivity index is 4.48. The first-order valence-electron chi connectivity index (χ1n) is 28.1. The number of carbonyl (C=O) groups is 3. The monoisotopic (exact) mass is 933 g/mol. The maximum atomic E-state index is 12.8. The van der Waals surface area contributed by atoms with Gasteiger partial charge in [0.25, 0.3) is 0 Å². The molecule has 0 aromatic heterocycles. The second-order valence-electron chi connectivity index (χ2n) is 18.5. The van der Waals surface area contributed by atoms with E-state index in [-0.39, 0.29) is 37.5 Å². The van der Waals surface area contributed by atoms with Gasteiger partial charge in [-0.3, -0.25) is 14.4 Å². The van der Waals surface area contributed by atoms with Crippen LogP contribution in [-0.4, -0.2) is 37.2 Å².